The smallest absolute Gasteiger partial charge is 0.242 e. The normalized spacial score (nSPS) is 19.1. The molecule has 2 aromatic rings. The lowest BCUT2D eigenvalue weighted by Gasteiger charge is -2.39. The predicted molar refractivity (Wildman–Crippen MR) is 144 cm³/mol. The Morgan fingerprint density at radius 3 is 2.43 bits per heavy atom. The summed E-state index contributed by atoms with van der Waals surface area (Å²) in [5, 5.41) is 13.1. The number of nitrogen functional groups attached to an aromatic ring is 1. The van der Waals surface area contributed by atoms with Gasteiger partial charge in [-0.2, -0.15) is 0 Å². The van der Waals surface area contributed by atoms with Crippen LogP contribution in [0.15, 0.2) is 54.6 Å². The van der Waals surface area contributed by atoms with E-state index in [1.807, 2.05) is 23.1 Å². The van der Waals surface area contributed by atoms with E-state index >= 15 is 0 Å². The van der Waals surface area contributed by atoms with Crippen molar-refractivity contribution in [2.24, 2.45) is 5.73 Å². The number of nitrogens with one attached hydrogen (secondary N) is 4. The first-order valence-electron chi connectivity index (χ1n) is 12.3. The molecule has 10 nitrogen and oxygen atoms in total. The molecule has 200 valence electrons. The summed E-state index contributed by atoms with van der Waals surface area (Å²) in [6.45, 7) is 3.15. The number of amidine groups is 1. The molecule has 0 aromatic heterocycles. The molecular weight excluding hydrogens is 492 g/mol. The third-order valence-corrected chi connectivity index (χ3v) is 7.26. The molecule has 0 radical (unpaired) electrons. The van der Waals surface area contributed by atoms with Gasteiger partial charge in [0.1, 0.15) is 11.9 Å². The Labute approximate surface area is 218 Å². The summed E-state index contributed by atoms with van der Waals surface area (Å²) >= 11 is 0. The van der Waals surface area contributed by atoms with E-state index in [4.69, 9.17) is 11.1 Å². The summed E-state index contributed by atoms with van der Waals surface area (Å²) in [7, 11) is -3.33. The lowest BCUT2D eigenvalue weighted by molar-refractivity contribution is -0.132. The molecule has 1 aliphatic rings. The van der Waals surface area contributed by atoms with Gasteiger partial charge >= 0.3 is 0 Å². The number of sulfonamides is 1. The van der Waals surface area contributed by atoms with Crippen LogP contribution in [-0.4, -0.2) is 68.9 Å². The molecule has 1 saturated heterocycles. The van der Waals surface area contributed by atoms with Crippen molar-refractivity contribution in [3.05, 3.63) is 71.3 Å². The van der Waals surface area contributed by atoms with Crippen molar-refractivity contribution >= 4 is 27.7 Å². The highest BCUT2D eigenvalue weighted by Gasteiger charge is 2.35. The van der Waals surface area contributed by atoms with E-state index in [2.05, 4.69) is 27.5 Å². The number of amides is 2. The van der Waals surface area contributed by atoms with Crippen molar-refractivity contribution in [3.63, 3.8) is 0 Å². The number of piperidine rings is 1. The molecule has 1 aliphatic heterocycles. The summed E-state index contributed by atoms with van der Waals surface area (Å²) < 4.78 is 25.5. The lowest BCUT2D eigenvalue weighted by atomic mass is 9.85. The fraction of sp³-hybridized carbons (Fsp3) is 0.423. The molecule has 1 heterocycles. The van der Waals surface area contributed by atoms with E-state index in [9.17, 15) is 18.0 Å². The van der Waals surface area contributed by atoms with Crippen molar-refractivity contribution in [3.8, 4) is 0 Å². The van der Waals surface area contributed by atoms with Gasteiger partial charge in [0.25, 0.3) is 0 Å². The first-order valence-corrected chi connectivity index (χ1v) is 14.2. The van der Waals surface area contributed by atoms with Gasteiger partial charge in [-0.3, -0.25) is 19.9 Å². The number of hydrogen-bond acceptors (Lipinski definition) is 6. The molecule has 0 unspecified atom stereocenters. The minimum atomic E-state index is -3.33. The second-order valence-corrected chi connectivity index (χ2v) is 11.2. The maximum atomic E-state index is 13.3. The molecule has 0 bridgehead atoms. The van der Waals surface area contributed by atoms with Gasteiger partial charge in [-0.15, -0.1) is 0 Å². The molecule has 3 rings (SSSR count). The topological polar surface area (TPSA) is 157 Å². The average Bonchev–Trinajstić information content (AvgIpc) is 2.87. The van der Waals surface area contributed by atoms with Crippen molar-refractivity contribution in [1.29, 1.82) is 5.41 Å². The number of nitrogens with two attached hydrogens (primary N) is 1. The standard InChI is InChI=1S/C26H36N6O4S/c1-18(25(33)29-17-19-8-10-21(11-9-19)24(27)28)31-26(34)23-16-22(20-6-4-3-5-7-20)12-14-32(23)15-13-30-37(2,35)36/h3-11,18,22-23,30H,12-17H2,1-2H3,(H3,27,28)(H,29,33)(H,31,34)/t18-,22-,23+/m0/s1. The molecule has 11 heteroatoms. The molecular formula is C26H36N6O4S. The van der Waals surface area contributed by atoms with Gasteiger partial charge in [0.2, 0.25) is 21.8 Å². The first-order chi connectivity index (χ1) is 17.5. The van der Waals surface area contributed by atoms with E-state index in [-0.39, 0.29) is 36.7 Å². The zero-order chi connectivity index (χ0) is 27.0. The van der Waals surface area contributed by atoms with Crippen LogP contribution in [0.4, 0.5) is 0 Å². The van der Waals surface area contributed by atoms with E-state index in [1.54, 1.807) is 31.2 Å². The van der Waals surface area contributed by atoms with Gasteiger partial charge in [0.05, 0.1) is 12.3 Å². The Hall–Kier alpha value is -3.28. The van der Waals surface area contributed by atoms with Crippen LogP contribution in [-0.2, 0) is 26.2 Å². The summed E-state index contributed by atoms with van der Waals surface area (Å²) in [6.07, 6.45) is 2.54. The molecule has 0 spiro atoms. The van der Waals surface area contributed by atoms with Crippen LogP contribution in [0.2, 0.25) is 0 Å². The number of carbonyl (C=O) groups excluding carboxylic acids is 2. The number of nitrogens with zero attached hydrogens (tertiary/aromatic N) is 1. The van der Waals surface area contributed by atoms with Gasteiger partial charge in [0.15, 0.2) is 0 Å². The molecule has 6 N–H and O–H groups in total. The van der Waals surface area contributed by atoms with E-state index in [1.165, 1.54) is 0 Å². The fourth-order valence-electron chi connectivity index (χ4n) is 4.48. The van der Waals surface area contributed by atoms with Gasteiger partial charge in [-0.05, 0) is 43.4 Å². The maximum absolute atomic E-state index is 13.3. The molecule has 2 aromatic carbocycles. The van der Waals surface area contributed by atoms with Crippen LogP contribution < -0.4 is 21.1 Å². The Balaban J connectivity index is 1.61. The number of likely N-dealkylation sites (tertiary alicyclic amines) is 1. The van der Waals surface area contributed by atoms with Crippen molar-refractivity contribution in [2.45, 2.75) is 44.3 Å². The molecule has 0 saturated carbocycles. The van der Waals surface area contributed by atoms with Crippen LogP contribution in [0.3, 0.4) is 0 Å². The Kier molecular flexibility index (Phi) is 9.79. The van der Waals surface area contributed by atoms with E-state index in [0.717, 1.165) is 23.8 Å². The summed E-state index contributed by atoms with van der Waals surface area (Å²) in [5.41, 5.74) is 8.08. The fourth-order valence-corrected chi connectivity index (χ4v) is 4.94. The molecule has 2 amide bonds. The third-order valence-electron chi connectivity index (χ3n) is 6.53. The second kappa shape index (κ2) is 12.8. The number of rotatable bonds is 11. The number of hydrogen-bond donors (Lipinski definition) is 5. The van der Waals surface area contributed by atoms with Crippen molar-refractivity contribution in [1.82, 2.24) is 20.3 Å². The highest BCUT2D eigenvalue weighted by Crippen LogP contribution is 2.31. The summed E-state index contributed by atoms with van der Waals surface area (Å²) in [6, 6.07) is 15.8. The molecule has 3 atom stereocenters. The Morgan fingerprint density at radius 2 is 1.81 bits per heavy atom. The summed E-state index contributed by atoms with van der Waals surface area (Å²) in [4.78, 5) is 28.0. The third kappa shape index (κ3) is 8.66. The SMILES string of the molecule is C[C@H](NC(=O)[C@H]1C[C@@H](c2ccccc2)CCN1CCNS(C)(=O)=O)C(=O)NCc1ccc(C(=N)N)cc1. The van der Waals surface area contributed by atoms with Crippen LogP contribution in [0.25, 0.3) is 0 Å². The zero-order valence-corrected chi connectivity index (χ0v) is 22.1. The van der Waals surface area contributed by atoms with Gasteiger partial charge < -0.3 is 16.4 Å². The molecule has 1 fully saturated rings. The summed E-state index contributed by atoms with van der Waals surface area (Å²) in [5.74, 6) is -0.401. The van der Waals surface area contributed by atoms with Crippen LogP contribution in [0, 0.1) is 5.41 Å². The number of carbonyl (C=O) groups is 2. The number of benzene rings is 2. The average molecular weight is 529 g/mol. The minimum absolute atomic E-state index is 0.0229. The Bertz CT molecular complexity index is 1190. The van der Waals surface area contributed by atoms with Crippen molar-refractivity contribution in [2.75, 3.05) is 25.9 Å². The highest BCUT2D eigenvalue weighted by atomic mass is 32.2. The zero-order valence-electron chi connectivity index (χ0n) is 21.2. The quantitative estimate of drug-likeness (QED) is 0.215. The maximum Gasteiger partial charge on any atom is 0.242 e. The molecule has 0 aliphatic carbocycles. The van der Waals surface area contributed by atoms with Crippen molar-refractivity contribution < 1.29 is 18.0 Å². The van der Waals surface area contributed by atoms with E-state index in [0.29, 0.717) is 25.1 Å². The first kappa shape index (κ1) is 28.3. The van der Waals surface area contributed by atoms with E-state index < -0.39 is 22.1 Å². The van der Waals surface area contributed by atoms with Gasteiger partial charge in [-0.1, -0.05) is 54.6 Å². The lowest BCUT2D eigenvalue weighted by Crippen LogP contribution is -2.56. The minimum Gasteiger partial charge on any atom is -0.384 e. The van der Waals surface area contributed by atoms with Gasteiger partial charge in [0, 0.05) is 25.2 Å². The van der Waals surface area contributed by atoms with Crippen LogP contribution in [0.5, 0.6) is 0 Å². The predicted octanol–water partition coefficient (Wildman–Crippen LogP) is 0.889. The van der Waals surface area contributed by atoms with Gasteiger partial charge in [-0.25, -0.2) is 13.1 Å². The second-order valence-electron chi connectivity index (χ2n) is 9.41. The van der Waals surface area contributed by atoms with Crippen LogP contribution >= 0.6 is 0 Å². The largest absolute Gasteiger partial charge is 0.384 e. The highest BCUT2D eigenvalue weighted by molar-refractivity contribution is 7.88. The molecule has 37 heavy (non-hydrogen) atoms. The monoisotopic (exact) mass is 528 g/mol. The van der Waals surface area contributed by atoms with Crippen LogP contribution in [0.1, 0.15) is 42.4 Å². The Morgan fingerprint density at radius 1 is 1.14 bits per heavy atom.